The summed E-state index contributed by atoms with van der Waals surface area (Å²) in [5.41, 5.74) is 1.32. The minimum Gasteiger partial charge on any atom is -0.348 e. The van der Waals surface area contributed by atoms with E-state index in [1.165, 1.54) is 12.1 Å². The predicted molar refractivity (Wildman–Crippen MR) is 115 cm³/mol. The largest absolute Gasteiger partial charge is 0.348 e. The number of unbranched alkanes of at least 4 members (excludes halogenated alkanes) is 1. The molecule has 0 radical (unpaired) electrons. The molecule has 0 saturated carbocycles. The minimum atomic E-state index is -1.16. The van der Waals surface area contributed by atoms with E-state index in [2.05, 4.69) is 6.92 Å². The maximum Gasteiger partial charge on any atom is 0.183 e. The van der Waals surface area contributed by atoms with Crippen molar-refractivity contribution < 1.29 is 27.0 Å². The van der Waals surface area contributed by atoms with E-state index in [1.807, 2.05) is 12.1 Å². The lowest BCUT2D eigenvalue weighted by molar-refractivity contribution is -0.206. The molecule has 1 aliphatic heterocycles. The lowest BCUT2D eigenvalue weighted by atomic mass is 9.98. The van der Waals surface area contributed by atoms with E-state index >= 15 is 0 Å². The van der Waals surface area contributed by atoms with Gasteiger partial charge in [-0.1, -0.05) is 50.1 Å². The standard InChI is InChI=1S/C26H24F4O2/c1-2-3-4-16-14-31-26(32-15-16)18-7-5-17(6-8-18)20-12-23(29)25(24(30)13-20)19-9-10-21(27)22(28)11-19/h5-13,16,26H,2-4,14-15H2,1H3. The van der Waals surface area contributed by atoms with Crippen LogP contribution in [-0.4, -0.2) is 13.2 Å². The summed E-state index contributed by atoms with van der Waals surface area (Å²) < 4.78 is 67.8. The Kier molecular flexibility index (Phi) is 6.92. The van der Waals surface area contributed by atoms with Crippen LogP contribution in [0.3, 0.4) is 0 Å². The fourth-order valence-electron chi connectivity index (χ4n) is 3.90. The van der Waals surface area contributed by atoms with E-state index in [9.17, 15) is 17.6 Å². The van der Waals surface area contributed by atoms with E-state index in [4.69, 9.17) is 9.47 Å². The second kappa shape index (κ2) is 9.84. The van der Waals surface area contributed by atoms with Crippen molar-refractivity contribution >= 4 is 0 Å². The van der Waals surface area contributed by atoms with Crippen molar-refractivity contribution in [2.24, 2.45) is 5.92 Å². The molecule has 0 spiro atoms. The van der Waals surface area contributed by atoms with Gasteiger partial charge in [0.25, 0.3) is 0 Å². The molecular weight excluding hydrogens is 420 g/mol. The van der Waals surface area contributed by atoms with Gasteiger partial charge in [0.05, 0.1) is 18.8 Å². The van der Waals surface area contributed by atoms with Crippen LogP contribution in [0, 0.1) is 29.2 Å². The van der Waals surface area contributed by atoms with Crippen LogP contribution in [0.2, 0.25) is 0 Å². The highest BCUT2D eigenvalue weighted by atomic mass is 19.2. The first-order valence-electron chi connectivity index (χ1n) is 10.7. The van der Waals surface area contributed by atoms with E-state index in [-0.39, 0.29) is 5.56 Å². The van der Waals surface area contributed by atoms with Gasteiger partial charge in [-0.05, 0) is 47.4 Å². The van der Waals surface area contributed by atoms with E-state index in [0.29, 0.717) is 30.3 Å². The lowest BCUT2D eigenvalue weighted by Gasteiger charge is -2.29. The van der Waals surface area contributed by atoms with E-state index < -0.39 is 35.1 Å². The predicted octanol–water partition coefficient (Wildman–Crippen LogP) is 7.43. The van der Waals surface area contributed by atoms with Gasteiger partial charge in [0.2, 0.25) is 0 Å². The zero-order valence-corrected chi connectivity index (χ0v) is 17.7. The summed E-state index contributed by atoms with van der Waals surface area (Å²) in [7, 11) is 0. The summed E-state index contributed by atoms with van der Waals surface area (Å²) in [6.45, 7) is 3.45. The van der Waals surface area contributed by atoms with Crippen LogP contribution in [0.15, 0.2) is 54.6 Å². The molecule has 0 aromatic heterocycles. The Bertz CT molecular complexity index is 1050. The Balaban J connectivity index is 1.50. The monoisotopic (exact) mass is 444 g/mol. The third-order valence-electron chi connectivity index (χ3n) is 5.70. The van der Waals surface area contributed by atoms with Crippen LogP contribution in [0.4, 0.5) is 17.6 Å². The van der Waals surface area contributed by atoms with Crippen molar-refractivity contribution in [3.63, 3.8) is 0 Å². The van der Waals surface area contributed by atoms with Crippen LogP contribution in [0.1, 0.15) is 38.0 Å². The van der Waals surface area contributed by atoms with Crippen molar-refractivity contribution in [1.82, 2.24) is 0 Å². The fraction of sp³-hybridized carbons (Fsp3) is 0.308. The first-order chi connectivity index (χ1) is 15.5. The summed E-state index contributed by atoms with van der Waals surface area (Å²) in [5.74, 6) is -3.54. The minimum absolute atomic E-state index is 0.0652. The molecule has 1 saturated heterocycles. The lowest BCUT2D eigenvalue weighted by Crippen LogP contribution is -2.27. The average Bonchev–Trinajstić information content (AvgIpc) is 2.80. The Labute approximate surface area is 184 Å². The molecule has 1 heterocycles. The Morgan fingerprint density at radius 3 is 1.91 bits per heavy atom. The topological polar surface area (TPSA) is 18.5 Å². The van der Waals surface area contributed by atoms with Crippen molar-refractivity contribution in [2.75, 3.05) is 13.2 Å². The van der Waals surface area contributed by atoms with Crippen molar-refractivity contribution in [2.45, 2.75) is 32.5 Å². The number of rotatable bonds is 6. The van der Waals surface area contributed by atoms with Gasteiger partial charge in [0.1, 0.15) is 11.6 Å². The second-order valence-electron chi connectivity index (χ2n) is 8.07. The van der Waals surface area contributed by atoms with Gasteiger partial charge in [-0.15, -0.1) is 0 Å². The summed E-state index contributed by atoms with van der Waals surface area (Å²) in [6.07, 6.45) is 2.93. The van der Waals surface area contributed by atoms with Crippen molar-refractivity contribution in [3.05, 3.63) is 83.4 Å². The normalized spacial score (nSPS) is 18.7. The van der Waals surface area contributed by atoms with Gasteiger partial charge in [0.15, 0.2) is 17.9 Å². The van der Waals surface area contributed by atoms with Gasteiger partial charge in [-0.2, -0.15) is 0 Å². The first-order valence-corrected chi connectivity index (χ1v) is 10.7. The van der Waals surface area contributed by atoms with Gasteiger partial charge in [-0.25, -0.2) is 17.6 Å². The molecule has 0 unspecified atom stereocenters. The van der Waals surface area contributed by atoms with Crippen LogP contribution >= 0.6 is 0 Å². The zero-order chi connectivity index (χ0) is 22.7. The van der Waals surface area contributed by atoms with E-state index in [1.54, 1.807) is 12.1 Å². The fourth-order valence-corrected chi connectivity index (χ4v) is 3.90. The van der Waals surface area contributed by atoms with Crippen molar-refractivity contribution in [3.8, 4) is 22.3 Å². The average molecular weight is 444 g/mol. The molecule has 1 fully saturated rings. The molecule has 2 nitrogen and oxygen atoms in total. The first kappa shape index (κ1) is 22.5. The third-order valence-corrected chi connectivity index (χ3v) is 5.70. The molecule has 0 aliphatic carbocycles. The van der Waals surface area contributed by atoms with Crippen LogP contribution in [0.5, 0.6) is 0 Å². The van der Waals surface area contributed by atoms with Crippen LogP contribution < -0.4 is 0 Å². The molecule has 0 N–H and O–H groups in total. The maximum absolute atomic E-state index is 14.7. The molecule has 6 heteroatoms. The summed E-state index contributed by atoms with van der Waals surface area (Å²) in [4.78, 5) is 0. The number of ether oxygens (including phenoxy) is 2. The highest BCUT2D eigenvalue weighted by molar-refractivity contribution is 5.72. The highest BCUT2D eigenvalue weighted by Crippen LogP contribution is 2.33. The van der Waals surface area contributed by atoms with Gasteiger partial charge >= 0.3 is 0 Å². The van der Waals surface area contributed by atoms with Crippen molar-refractivity contribution in [1.29, 1.82) is 0 Å². The Morgan fingerprint density at radius 2 is 1.31 bits per heavy atom. The summed E-state index contributed by atoms with van der Waals surface area (Å²) in [5, 5.41) is 0. The highest BCUT2D eigenvalue weighted by Gasteiger charge is 2.23. The van der Waals surface area contributed by atoms with E-state index in [0.717, 1.165) is 43.0 Å². The molecular formula is C26H24F4O2. The SMILES string of the molecule is CCCCC1COC(c2ccc(-c3cc(F)c(-c4ccc(F)c(F)c4)c(F)c3)cc2)OC1. The molecule has 32 heavy (non-hydrogen) atoms. The second-order valence-corrected chi connectivity index (χ2v) is 8.07. The molecule has 3 aromatic rings. The third kappa shape index (κ3) is 4.87. The van der Waals surface area contributed by atoms with Crippen LogP contribution in [-0.2, 0) is 9.47 Å². The molecule has 4 rings (SSSR count). The summed E-state index contributed by atoms with van der Waals surface area (Å²) in [6, 6.07) is 12.2. The van der Waals surface area contributed by atoms with Crippen LogP contribution in [0.25, 0.3) is 22.3 Å². The molecule has 3 aromatic carbocycles. The van der Waals surface area contributed by atoms with Gasteiger partial charge in [0, 0.05) is 11.5 Å². The number of hydrogen-bond acceptors (Lipinski definition) is 2. The molecule has 168 valence electrons. The smallest absolute Gasteiger partial charge is 0.183 e. The quantitative estimate of drug-likeness (QED) is 0.368. The summed E-state index contributed by atoms with van der Waals surface area (Å²) >= 11 is 0. The number of halogens is 4. The Hall–Kier alpha value is -2.70. The molecule has 0 bridgehead atoms. The maximum atomic E-state index is 14.7. The zero-order valence-electron chi connectivity index (χ0n) is 17.7. The van der Waals surface area contributed by atoms with Gasteiger partial charge in [-0.3, -0.25) is 0 Å². The Morgan fingerprint density at radius 1 is 0.719 bits per heavy atom. The molecule has 0 atom stereocenters. The van der Waals surface area contributed by atoms with Gasteiger partial charge < -0.3 is 9.47 Å². The molecule has 0 amide bonds. The number of hydrogen-bond donors (Lipinski definition) is 0. The number of benzene rings is 3. The molecule has 1 aliphatic rings.